The van der Waals surface area contributed by atoms with Crippen LogP contribution in [0, 0.1) is 0 Å². The molecule has 1 unspecified atom stereocenters. The van der Waals surface area contributed by atoms with Crippen LogP contribution < -0.4 is 20.7 Å². The van der Waals surface area contributed by atoms with Gasteiger partial charge in [0.2, 0.25) is 0 Å². The van der Waals surface area contributed by atoms with Crippen LogP contribution in [0.25, 0.3) is 10.9 Å². The zero-order valence-electron chi connectivity index (χ0n) is 22.4. The number of halogens is 5. The molecule has 0 saturated carbocycles. The number of aromatic amines is 1. The van der Waals surface area contributed by atoms with E-state index in [1.54, 1.807) is 0 Å². The van der Waals surface area contributed by atoms with Gasteiger partial charge in [0.05, 0.1) is 39.7 Å². The number of hydrogen-bond donors (Lipinski definition) is 2. The Balaban J connectivity index is 1.84. The summed E-state index contributed by atoms with van der Waals surface area (Å²) in [6, 6.07) is 4.62. The van der Waals surface area contributed by atoms with Crippen molar-refractivity contribution >= 4 is 55.3 Å². The maximum atomic E-state index is 13.5. The van der Waals surface area contributed by atoms with Crippen molar-refractivity contribution in [1.82, 2.24) is 19.2 Å². The van der Waals surface area contributed by atoms with Crippen LogP contribution in [0.15, 0.2) is 38.8 Å². The minimum atomic E-state index is -5.12. The molecule has 17 heteroatoms. The van der Waals surface area contributed by atoms with E-state index in [9.17, 15) is 35.7 Å². The normalized spacial score (nSPS) is 17.2. The van der Waals surface area contributed by atoms with Gasteiger partial charge in [-0.1, -0.05) is 30.1 Å². The number of aromatic nitrogens is 2. The first-order valence-corrected chi connectivity index (χ1v) is 16.6. The van der Waals surface area contributed by atoms with Gasteiger partial charge in [0.1, 0.15) is 12.0 Å². The van der Waals surface area contributed by atoms with Crippen molar-refractivity contribution in [3.8, 4) is 5.75 Å². The lowest BCUT2D eigenvalue weighted by Crippen LogP contribution is -2.39. The van der Waals surface area contributed by atoms with Crippen molar-refractivity contribution in [2.75, 3.05) is 25.1 Å². The molecule has 4 rings (SSSR count). The van der Waals surface area contributed by atoms with Crippen molar-refractivity contribution < 1.29 is 30.9 Å². The van der Waals surface area contributed by atoms with E-state index < -0.39 is 51.1 Å². The molecule has 0 aliphatic carbocycles. The summed E-state index contributed by atoms with van der Waals surface area (Å²) in [6.07, 6.45) is -2.22. The van der Waals surface area contributed by atoms with Crippen molar-refractivity contribution in [2.24, 2.45) is 0 Å². The molecule has 2 N–H and O–H groups in total. The van der Waals surface area contributed by atoms with E-state index in [2.05, 4.69) is 14.4 Å². The van der Waals surface area contributed by atoms with Crippen LogP contribution in [0.4, 0.5) is 13.2 Å². The van der Waals surface area contributed by atoms with E-state index in [1.807, 2.05) is 4.90 Å². The summed E-state index contributed by atoms with van der Waals surface area (Å²) in [5.74, 6) is -0.976. The maximum Gasteiger partial charge on any atom is 0.573 e. The highest BCUT2D eigenvalue weighted by molar-refractivity contribution is 7.91. The molecule has 2 atom stereocenters. The lowest BCUT2D eigenvalue weighted by Gasteiger charge is -2.26. The average molecular weight is 672 g/mol. The number of ether oxygens (including phenoxy) is 1. The molecule has 1 fully saturated rings. The molecule has 1 saturated heterocycles. The second-order valence-electron chi connectivity index (χ2n) is 9.68. The molecule has 0 amide bonds. The Morgan fingerprint density at radius 3 is 2.57 bits per heavy atom. The number of hydrogen-bond acceptors (Lipinski definition) is 8. The molecule has 1 aliphatic heterocycles. The quantitative estimate of drug-likeness (QED) is 0.313. The van der Waals surface area contributed by atoms with Gasteiger partial charge in [0, 0.05) is 34.5 Å². The summed E-state index contributed by atoms with van der Waals surface area (Å²) >= 11 is 11.3. The molecule has 10 nitrogen and oxygen atoms in total. The van der Waals surface area contributed by atoms with Crippen LogP contribution in [0.5, 0.6) is 5.75 Å². The fraction of sp³-hybridized carbons (Fsp3) is 0.440. The summed E-state index contributed by atoms with van der Waals surface area (Å²) in [4.78, 5) is 30.8. The third-order valence-corrected chi connectivity index (χ3v) is 10.0. The second kappa shape index (κ2) is 12.8. The van der Waals surface area contributed by atoms with Gasteiger partial charge in [-0.3, -0.25) is 14.3 Å². The van der Waals surface area contributed by atoms with Gasteiger partial charge in [0.25, 0.3) is 5.56 Å². The van der Waals surface area contributed by atoms with E-state index in [0.717, 1.165) is 12.5 Å². The number of fused-ring (bicyclic) bond motifs is 1. The number of alkyl halides is 3. The van der Waals surface area contributed by atoms with Gasteiger partial charge in [-0.15, -0.1) is 17.9 Å². The minimum Gasteiger partial charge on any atom is -0.598 e. The van der Waals surface area contributed by atoms with Gasteiger partial charge in [-0.25, -0.2) is 13.2 Å². The van der Waals surface area contributed by atoms with E-state index in [4.69, 9.17) is 23.2 Å². The number of benzene rings is 2. The van der Waals surface area contributed by atoms with Crippen LogP contribution in [0.3, 0.4) is 0 Å². The molecule has 2 heterocycles. The number of sulfone groups is 1. The Morgan fingerprint density at radius 2 is 1.93 bits per heavy atom. The number of H-pyrrole nitrogens is 1. The van der Waals surface area contributed by atoms with Crippen molar-refractivity contribution in [3.63, 3.8) is 0 Å². The highest BCUT2D eigenvalue weighted by Crippen LogP contribution is 2.37. The van der Waals surface area contributed by atoms with Gasteiger partial charge in [0.15, 0.2) is 9.84 Å². The first-order chi connectivity index (χ1) is 19.6. The number of nitrogens with one attached hydrogen (secondary N) is 2. The molecular weight excluding hydrogens is 644 g/mol. The smallest absolute Gasteiger partial charge is 0.573 e. The van der Waals surface area contributed by atoms with Crippen LogP contribution in [0.2, 0.25) is 10.0 Å². The second-order valence-corrected chi connectivity index (χ2v) is 13.9. The molecule has 2 aromatic carbocycles. The largest absolute Gasteiger partial charge is 0.598 e. The monoisotopic (exact) mass is 670 g/mol. The van der Waals surface area contributed by atoms with Crippen molar-refractivity contribution in [2.45, 2.75) is 50.2 Å². The highest BCUT2D eigenvalue weighted by atomic mass is 35.5. The summed E-state index contributed by atoms with van der Waals surface area (Å²) in [5, 5.41) is -0.521. The average Bonchev–Trinajstić information content (AvgIpc) is 3.34. The van der Waals surface area contributed by atoms with Crippen LogP contribution in [-0.2, 0) is 34.3 Å². The molecule has 3 aromatic rings. The molecule has 0 radical (unpaired) electrons. The van der Waals surface area contributed by atoms with Crippen molar-refractivity contribution in [1.29, 1.82) is 0 Å². The Kier molecular flexibility index (Phi) is 9.92. The summed E-state index contributed by atoms with van der Waals surface area (Å²) in [6.45, 7) is 1.63. The van der Waals surface area contributed by atoms with Crippen molar-refractivity contribution in [3.05, 3.63) is 66.3 Å². The highest BCUT2D eigenvalue weighted by Gasteiger charge is 2.35. The maximum absolute atomic E-state index is 13.5. The van der Waals surface area contributed by atoms with E-state index >= 15 is 0 Å². The van der Waals surface area contributed by atoms with Gasteiger partial charge >= 0.3 is 12.1 Å². The fourth-order valence-electron chi connectivity index (χ4n) is 4.93. The van der Waals surface area contributed by atoms with Crippen LogP contribution in [0.1, 0.15) is 30.9 Å². The molecule has 1 aliphatic rings. The third kappa shape index (κ3) is 7.26. The van der Waals surface area contributed by atoms with Crippen LogP contribution in [-0.4, -0.2) is 64.9 Å². The molecule has 230 valence electrons. The summed E-state index contributed by atoms with van der Waals surface area (Å²) in [7, 11) is -3.78. The van der Waals surface area contributed by atoms with Gasteiger partial charge in [-0.05, 0) is 49.2 Å². The van der Waals surface area contributed by atoms with E-state index in [-0.39, 0.29) is 55.3 Å². The van der Waals surface area contributed by atoms with E-state index in [0.29, 0.717) is 24.1 Å². The summed E-state index contributed by atoms with van der Waals surface area (Å²) in [5.41, 5.74) is -2.21. The Hall–Kier alpha value is -2.27. The Bertz CT molecular complexity index is 1710. The van der Waals surface area contributed by atoms with E-state index in [1.165, 1.54) is 31.4 Å². The Morgan fingerprint density at radius 1 is 1.21 bits per heavy atom. The summed E-state index contributed by atoms with van der Waals surface area (Å²) < 4.78 is 84.9. The van der Waals surface area contributed by atoms with Gasteiger partial charge < -0.3 is 14.3 Å². The van der Waals surface area contributed by atoms with Crippen LogP contribution >= 0.6 is 23.2 Å². The predicted molar refractivity (Wildman–Crippen MR) is 154 cm³/mol. The zero-order chi connectivity index (χ0) is 31.0. The predicted octanol–water partition coefficient (Wildman–Crippen LogP) is 3.58. The number of rotatable bonds is 10. The van der Waals surface area contributed by atoms with Gasteiger partial charge in [-0.2, -0.15) is 0 Å². The number of likely N-dealkylation sites (tertiary alicyclic amines) is 1. The minimum absolute atomic E-state index is 0.0486. The zero-order valence-corrected chi connectivity index (χ0v) is 25.5. The molecule has 0 spiro atoms. The first-order valence-electron chi connectivity index (χ1n) is 12.7. The molecule has 42 heavy (non-hydrogen) atoms. The lowest BCUT2D eigenvalue weighted by atomic mass is 10.1. The fourth-order valence-corrected chi connectivity index (χ4v) is 6.96. The first kappa shape index (κ1) is 32.6. The lowest BCUT2D eigenvalue weighted by molar-refractivity contribution is -0.274. The molecular formula is C25H27Cl2F3N4O6S2. The molecule has 0 bridgehead atoms. The SMILES string of the molecule is CCS(=O)(=O)c1ccc(Cl)cc1Cn1c(=O)[nH]c2c(Cl)c(CN3CCC[C@H]3CN[S+](C)[O-])c(OC(F)(F)F)cc2c1=O. The topological polar surface area (TPSA) is 137 Å². The third-order valence-electron chi connectivity index (χ3n) is 6.95. The standard InChI is InChI=1S/C25H27Cl2F3N4O6S2/c1-3-42(38,39)20-7-6-15(26)9-14(20)12-34-23(35)17-10-19(40-25(28,29)30)18(21(27)22(17)32-24(34)36)13-33-8-4-5-16(33)11-31-41(2)37/h6-7,9-10,16,31H,3-5,8,11-13H2,1-2H3,(H,32,36)/t16-,41?/m0/s1. The molecule has 1 aromatic heterocycles. The Labute approximate surface area is 252 Å². The number of nitrogens with zero attached hydrogens (tertiary/aromatic N) is 2.